The molecule has 0 spiro atoms. The van der Waals surface area contributed by atoms with E-state index in [0.29, 0.717) is 5.69 Å². The standard InChI is InChI=1S/C20H16N2O5/c23-18(14-5-2-6-15(11-14)20(25)26)21-12-13-4-1-7-16(10-13)22-19(24)17-8-3-9-27-17/h1-11H,12H2,(H,21,23)(H,22,24)(H,25,26). The summed E-state index contributed by atoms with van der Waals surface area (Å²) >= 11 is 0. The summed E-state index contributed by atoms with van der Waals surface area (Å²) in [6.07, 6.45) is 1.42. The van der Waals surface area contributed by atoms with Crippen LogP contribution in [0.5, 0.6) is 0 Å². The van der Waals surface area contributed by atoms with Crippen LogP contribution in [0, 0.1) is 0 Å². The van der Waals surface area contributed by atoms with E-state index in [9.17, 15) is 14.4 Å². The van der Waals surface area contributed by atoms with Crippen molar-refractivity contribution in [2.24, 2.45) is 0 Å². The highest BCUT2D eigenvalue weighted by molar-refractivity contribution is 6.02. The molecule has 3 N–H and O–H groups in total. The number of nitrogens with one attached hydrogen (secondary N) is 2. The zero-order valence-corrected chi connectivity index (χ0v) is 14.1. The molecule has 0 aliphatic rings. The quantitative estimate of drug-likeness (QED) is 0.622. The van der Waals surface area contributed by atoms with E-state index < -0.39 is 5.97 Å². The molecule has 2 amide bonds. The van der Waals surface area contributed by atoms with Gasteiger partial charge in [-0.2, -0.15) is 0 Å². The van der Waals surface area contributed by atoms with Crippen molar-refractivity contribution >= 4 is 23.5 Å². The normalized spacial score (nSPS) is 10.2. The van der Waals surface area contributed by atoms with E-state index in [0.717, 1.165) is 5.56 Å². The lowest BCUT2D eigenvalue weighted by Crippen LogP contribution is -2.23. The molecule has 0 aliphatic carbocycles. The second kappa shape index (κ2) is 8.01. The van der Waals surface area contributed by atoms with Crippen LogP contribution in [0.25, 0.3) is 0 Å². The molecule has 1 heterocycles. The molecule has 27 heavy (non-hydrogen) atoms. The van der Waals surface area contributed by atoms with Crippen LogP contribution in [0.15, 0.2) is 71.3 Å². The maximum Gasteiger partial charge on any atom is 0.335 e. The summed E-state index contributed by atoms with van der Waals surface area (Å²) in [5.74, 6) is -1.65. The van der Waals surface area contributed by atoms with Crippen LogP contribution in [0.4, 0.5) is 5.69 Å². The van der Waals surface area contributed by atoms with Crippen molar-refractivity contribution in [1.29, 1.82) is 0 Å². The summed E-state index contributed by atoms with van der Waals surface area (Å²) in [4.78, 5) is 35.2. The molecular formula is C20H16N2O5. The highest BCUT2D eigenvalue weighted by Crippen LogP contribution is 2.13. The van der Waals surface area contributed by atoms with E-state index in [1.165, 1.54) is 24.5 Å². The summed E-state index contributed by atoms with van der Waals surface area (Å²) in [6, 6.07) is 16.0. The Morgan fingerprint density at radius 3 is 2.41 bits per heavy atom. The number of rotatable bonds is 6. The van der Waals surface area contributed by atoms with Gasteiger partial charge >= 0.3 is 5.97 Å². The van der Waals surface area contributed by atoms with E-state index in [1.807, 2.05) is 0 Å². The highest BCUT2D eigenvalue weighted by atomic mass is 16.4. The van der Waals surface area contributed by atoms with Crippen molar-refractivity contribution < 1.29 is 23.9 Å². The minimum absolute atomic E-state index is 0.0466. The molecule has 0 atom stereocenters. The number of carbonyl (C=O) groups excluding carboxylic acids is 2. The second-order valence-corrected chi connectivity index (χ2v) is 5.70. The summed E-state index contributed by atoms with van der Waals surface area (Å²) in [7, 11) is 0. The lowest BCUT2D eigenvalue weighted by Gasteiger charge is -2.08. The van der Waals surface area contributed by atoms with Gasteiger partial charge in [-0.1, -0.05) is 18.2 Å². The van der Waals surface area contributed by atoms with Crippen molar-refractivity contribution in [1.82, 2.24) is 5.32 Å². The first-order valence-electron chi connectivity index (χ1n) is 8.08. The van der Waals surface area contributed by atoms with Gasteiger partial charge < -0.3 is 20.2 Å². The fourth-order valence-corrected chi connectivity index (χ4v) is 2.44. The Kier molecular flexibility index (Phi) is 5.32. The van der Waals surface area contributed by atoms with Crippen molar-refractivity contribution in [3.8, 4) is 0 Å². The summed E-state index contributed by atoms with van der Waals surface area (Å²) in [5, 5.41) is 14.4. The molecule has 136 valence electrons. The Morgan fingerprint density at radius 2 is 1.67 bits per heavy atom. The van der Waals surface area contributed by atoms with Crippen molar-refractivity contribution in [3.05, 3.63) is 89.4 Å². The van der Waals surface area contributed by atoms with Crippen molar-refractivity contribution in [2.75, 3.05) is 5.32 Å². The van der Waals surface area contributed by atoms with Crippen LogP contribution in [0.3, 0.4) is 0 Å². The average Bonchev–Trinajstić information content (AvgIpc) is 3.21. The van der Waals surface area contributed by atoms with Gasteiger partial charge in [0.05, 0.1) is 11.8 Å². The first-order valence-corrected chi connectivity index (χ1v) is 8.08. The van der Waals surface area contributed by atoms with Gasteiger partial charge in [-0.15, -0.1) is 0 Å². The Labute approximate surface area is 154 Å². The minimum atomic E-state index is -1.09. The monoisotopic (exact) mass is 364 g/mol. The number of hydrogen-bond donors (Lipinski definition) is 3. The number of benzene rings is 2. The molecule has 2 aromatic carbocycles. The summed E-state index contributed by atoms with van der Waals surface area (Å²) < 4.78 is 5.04. The predicted octanol–water partition coefficient (Wildman–Crippen LogP) is 3.16. The molecule has 0 bridgehead atoms. The van der Waals surface area contributed by atoms with Crippen LogP contribution in [-0.4, -0.2) is 22.9 Å². The van der Waals surface area contributed by atoms with E-state index >= 15 is 0 Å². The number of carboxylic acids is 1. The van der Waals surface area contributed by atoms with Crippen LogP contribution >= 0.6 is 0 Å². The molecule has 0 aliphatic heterocycles. The largest absolute Gasteiger partial charge is 0.478 e. The van der Waals surface area contributed by atoms with Gasteiger partial charge in [0.25, 0.3) is 11.8 Å². The number of anilines is 1. The molecule has 0 saturated heterocycles. The maximum absolute atomic E-state index is 12.2. The lowest BCUT2D eigenvalue weighted by molar-refractivity contribution is 0.0696. The van der Waals surface area contributed by atoms with E-state index in [-0.39, 0.29) is 35.2 Å². The SMILES string of the molecule is O=C(O)c1cccc(C(=O)NCc2cccc(NC(=O)c3ccco3)c2)c1. The third-order valence-corrected chi connectivity index (χ3v) is 3.75. The molecule has 7 nitrogen and oxygen atoms in total. The van der Waals surface area contributed by atoms with Gasteiger partial charge in [0.15, 0.2) is 5.76 Å². The third-order valence-electron chi connectivity index (χ3n) is 3.75. The molecule has 1 aromatic heterocycles. The first kappa shape index (κ1) is 17.9. The van der Waals surface area contributed by atoms with Crippen LogP contribution in [-0.2, 0) is 6.54 Å². The van der Waals surface area contributed by atoms with Gasteiger partial charge in [-0.05, 0) is 48.0 Å². The lowest BCUT2D eigenvalue weighted by atomic mass is 10.1. The van der Waals surface area contributed by atoms with Gasteiger partial charge in [0.1, 0.15) is 0 Å². The Bertz CT molecular complexity index is 980. The average molecular weight is 364 g/mol. The zero-order valence-electron chi connectivity index (χ0n) is 14.1. The minimum Gasteiger partial charge on any atom is -0.478 e. The smallest absolute Gasteiger partial charge is 0.335 e. The Morgan fingerprint density at radius 1 is 0.889 bits per heavy atom. The molecule has 3 rings (SSSR count). The fraction of sp³-hybridized carbons (Fsp3) is 0.0500. The van der Waals surface area contributed by atoms with Crippen molar-refractivity contribution in [3.63, 3.8) is 0 Å². The van der Waals surface area contributed by atoms with E-state index in [4.69, 9.17) is 9.52 Å². The number of furan rings is 1. The van der Waals surface area contributed by atoms with Gasteiger partial charge in [-0.3, -0.25) is 9.59 Å². The Hall–Kier alpha value is -3.87. The zero-order chi connectivity index (χ0) is 19.2. The maximum atomic E-state index is 12.2. The highest BCUT2D eigenvalue weighted by Gasteiger charge is 2.11. The number of carbonyl (C=O) groups is 3. The Balaban J connectivity index is 1.63. The van der Waals surface area contributed by atoms with Gasteiger partial charge in [0, 0.05) is 17.8 Å². The van der Waals surface area contributed by atoms with Crippen molar-refractivity contribution in [2.45, 2.75) is 6.54 Å². The number of amides is 2. The molecule has 0 unspecified atom stereocenters. The molecule has 3 aromatic rings. The van der Waals surface area contributed by atoms with Gasteiger partial charge in [0.2, 0.25) is 0 Å². The first-order chi connectivity index (χ1) is 13.0. The second-order valence-electron chi connectivity index (χ2n) is 5.70. The number of aromatic carboxylic acids is 1. The molecule has 0 saturated carbocycles. The van der Waals surface area contributed by atoms with E-state index in [1.54, 1.807) is 42.5 Å². The van der Waals surface area contributed by atoms with E-state index in [2.05, 4.69) is 10.6 Å². The molecule has 0 fully saturated rings. The topological polar surface area (TPSA) is 109 Å². The summed E-state index contributed by atoms with van der Waals surface area (Å²) in [6.45, 7) is 0.223. The molecular weight excluding hydrogens is 348 g/mol. The van der Waals surface area contributed by atoms with Crippen LogP contribution in [0.2, 0.25) is 0 Å². The van der Waals surface area contributed by atoms with Crippen LogP contribution < -0.4 is 10.6 Å². The third kappa shape index (κ3) is 4.60. The summed E-state index contributed by atoms with van der Waals surface area (Å²) in [5.41, 5.74) is 1.65. The molecule has 0 radical (unpaired) electrons. The van der Waals surface area contributed by atoms with Gasteiger partial charge in [-0.25, -0.2) is 4.79 Å². The predicted molar refractivity (Wildman–Crippen MR) is 97.7 cm³/mol. The number of hydrogen-bond acceptors (Lipinski definition) is 4. The number of carboxylic acid groups (broad SMARTS) is 1. The molecule has 7 heteroatoms. The fourth-order valence-electron chi connectivity index (χ4n) is 2.44. The van der Waals surface area contributed by atoms with Crippen LogP contribution in [0.1, 0.15) is 36.8 Å².